The predicted octanol–water partition coefficient (Wildman–Crippen LogP) is 1.27. The van der Waals surface area contributed by atoms with E-state index in [0.29, 0.717) is 18.4 Å². The van der Waals surface area contributed by atoms with E-state index < -0.39 is 10.0 Å². The first-order chi connectivity index (χ1) is 9.12. The minimum atomic E-state index is -3.19. The van der Waals surface area contributed by atoms with Crippen molar-refractivity contribution in [3.8, 4) is 0 Å². The van der Waals surface area contributed by atoms with Gasteiger partial charge in [0.2, 0.25) is 10.0 Å². The molecule has 0 radical (unpaired) electrons. The molecule has 0 amide bonds. The van der Waals surface area contributed by atoms with E-state index in [-0.39, 0.29) is 11.8 Å². The van der Waals surface area contributed by atoms with Gasteiger partial charge in [0, 0.05) is 18.6 Å². The summed E-state index contributed by atoms with van der Waals surface area (Å²) in [4.78, 5) is 2.02. The molecule has 0 aliphatic heterocycles. The number of hydrogen-bond donors (Lipinski definition) is 2. The maximum absolute atomic E-state index is 12.1. The fourth-order valence-corrected chi connectivity index (χ4v) is 3.46. The second-order valence-corrected chi connectivity index (χ2v) is 8.36. The molecule has 0 aromatic heterocycles. The summed E-state index contributed by atoms with van der Waals surface area (Å²) in [5, 5.41) is 3.24. The monoisotopic (exact) mass is 307 g/mol. The van der Waals surface area contributed by atoms with Crippen molar-refractivity contribution in [3.63, 3.8) is 0 Å². The molecule has 5 nitrogen and oxygen atoms in total. The Kier molecular flexibility index (Phi) is 9.63. The Balaban J connectivity index is 4.29. The summed E-state index contributed by atoms with van der Waals surface area (Å²) in [6.07, 6.45) is 1.51. The van der Waals surface area contributed by atoms with E-state index in [0.717, 1.165) is 19.5 Å². The van der Waals surface area contributed by atoms with Crippen LogP contribution in [0, 0.1) is 5.92 Å². The number of nitrogens with zero attached hydrogens (tertiary/aromatic N) is 1. The van der Waals surface area contributed by atoms with Crippen molar-refractivity contribution in [2.45, 2.75) is 52.6 Å². The van der Waals surface area contributed by atoms with E-state index in [4.69, 9.17) is 0 Å². The van der Waals surface area contributed by atoms with Gasteiger partial charge >= 0.3 is 0 Å². The van der Waals surface area contributed by atoms with E-state index in [9.17, 15) is 8.42 Å². The molecule has 0 heterocycles. The van der Waals surface area contributed by atoms with Crippen LogP contribution in [0.4, 0.5) is 0 Å². The van der Waals surface area contributed by atoms with E-state index in [1.807, 2.05) is 19.0 Å². The van der Waals surface area contributed by atoms with Gasteiger partial charge in [-0.05, 0) is 39.4 Å². The van der Waals surface area contributed by atoms with Gasteiger partial charge in [-0.2, -0.15) is 0 Å². The molecule has 0 aromatic carbocycles. The fraction of sp³-hybridized carbons (Fsp3) is 1.00. The maximum atomic E-state index is 12.1. The van der Waals surface area contributed by atoms with Crippen LogP contribution in [0.25, 0.3) is 0 Å². The predicted molar refractivity (Wildman–Crippen MR) is 86.5 cm³/mol. The molecule has 6 heteroatoms. The molecule has 0 fully saturated rings. The topological polar surface area (TPSA) is 61.4 Å². The van der Waals surface area contributed by atoms with Gasteiger partial charge in [0.25, 0.3) is 0 Å². The van der Waals surface area contributed by atoms with Crippen LogP contribution in [0.2, 0.25) is 0 Å². The van der Waals surface area contributed by atoms with Crippen LogP contribution in [-0.2, 0) is 10.0 Å². The van der Waals surface area contributed by atoms with Crippen molar-refractivity contribution in [1.82, 2.24) is 14.9 Å². The lowest BCUT2D eigenvalue weighted by molar-refractivity contribution is 0.329. The first-order valence-corrected chi connectivity index (χ1v) is 9.15. The molecule has 0 saturated carbocycles. The Morgan fingerprint density at radius 2 is 1.70 bits per heavy atom. The normalized spacial score (nSPS) is 14.4. The van der Waals surface area contributed by atoms with Crippen molar-refractivity contribution in [3.05, 3.63) is 0 Å². The highest BCUT2D eigenvalue weighted by Gasteiger charge is 2.19. The standard InChI is InChI=1S/C14H33N3O2S/c1-12(2)10-14(11-17(5)6)16-20(18,19)9-7-8-15-13(3)4/h12-16H,7-11H2,1-6H3. The van der Waals surface area contributed by atoms with E-state index >= 15 is 0 Å². The molecule has 1 atom stereocenters. The van der Waals surface area contributed by atoms with Crippen LogP contribution in [0.15, 0.2) is 0 Å². The van der Waals surface area contributed by atoms with E-state index in [1.165, 1.54) is 0 Å². The lowest BCUT2D eigenvalue weighted by atomic mass is 10.0. The minimum absolute atomic E-state index is 0.00643. The first kappa shape index (κ1) is 19.8. The highest BCUT2D eigenvalue weighted by Crippen LogP contribution is 2.07. The summed E-state index contributed by atoms with van der Waals surface area (Å²) in [5.41, 5.74) is 0. The van der Waals surface area contributed by atoms with Gasteiger partial charge in [-0.15, -0.1) is 0 Å². The van der Waals surface area contributed by atoms with Crippen molar-refractivity contribution in [1.29, 1.82) is 0 Å². The van der Waals surface area contributed by atoms with Gasteiger partial charge in [-0.3, -0.25) is 0 Å². The molecule has 0 saturated heterocycles. The van der Waals surface area contributed by atoms with E-state index in [2.05, 4.69) is 37.7 Å². The summed E-state index contributed by atoms with van der Waals surface area (Å²) in [5.74, 6) is 0.666. The number of nitrogens with one attached hydrogen (secondary N) is 2. The second kappa shape index (κ2) is 9.71. The zero-order valence-electron chi connectivity index (χ0n) is 13.9. The molecule has 122 valence electrons. The van der Waals surface area contributed by atoms with Crippen LogP contribution in [-0.4, -0.2) is 58.3 Å². The quantitative estimate of drug-likeness (QED) is 0.564. The van der Waals surface area contributed by atoms with Crippen LogP contribution in [0.1, 0.15) is 40.5 Å². The van der Waals surface area contributed by atoms with Gasteiger partial charge in [0.05, 0.1) is 5.75 Å². The van der Waals surface area contributed by atoms with Crippen molar-refractivity contribution >= 4 is 10.0 Å². The molecule has 0 bridgehead atoms. The molecule has 2 N–H and O–H groups in total. The summed E-state index contributed by atoms with van der Waals surface area (Å²) >= 11 is 0. The fourth-order valence-electron chi connectivity index (χ4n) is 2.14. The molecule has 20 heavy (non-hydrogen) atoms. The molecular weight excluding hydrogens is 274 g/mol. The molecule has 0 aromatic rings. The number of sulfonamides is 1. The Bertz CT molecular complexity index is 330. The molecule has 0 aliphatic rings. The van der Waals surface area contributed by atoms with Crippen molar-refractivity contribution < 1.29 is 8.42 Å². The Labute approximate surface area is 125 Å². The van der Waals surface area contributed by atoms with Crippen molar-refractivity contribution in [2.75, 3.05) is 32.9 Å². The summed E-state index contributed by atoms with van der Waals surface area (Å²) < 4.78 is 27.0. The number of likely N-dealkylation sites (N-methyl/N-ethyl adjacent to an activating group) is 1. The number of rotatable bonds is 11. The Morgan fingerprint density at radius 1 is 1.10 bits per heavy atom. The second-order valence-electron chi connectivity index (χ2n) is 6.49. The van der Waals surface area contributed by atoms with Gasteiger partial charge < -0.3 is 10.2 Å². The first-order valence-electron chi connectivity index (χ1n) is 7.50. The molecule has 0 rings (SSSR count). The Hall–Kier alpha value is -0.170. The highest BCUT2D eigenvalue weighted by molar-refractivity contribution is 7.89. The molecular formula is C14H33N3O2S. The zero-order valence-corrected chi connectivity index (χ0v) is 14.8. The van der Waals surface area contributed by atoms with Gasteiger partial charge in [0.15, 0.2) is 0 Å². The van der Waals surface area contributed by atoms with Gasteiger partial charge in [0.1, 0.15) is 0 Å². The molecule has 0 spiro atoms. The average molecular weight is 308 g/mol. The third-order valence-corrected chi connectivity index (χ3v) is 4.35. The van der Waals surface area contributed by atoms with Crippen LogP contribution in [0.5, 0.6) is 0 Å². The van der Waals surface area contributed by atoms with Crippen molar-refractivity contribution in [2.24, 2.45) is 5.92 Å². The summed E-state index contributed by atoms with van der Waals surface area (Å²) in [7, 11) is 0.746. The minimum Gasteiger partial charge on any atom is -0.314 e. The largest absolute Gasteiger partial charge is 0.314 e. The smallest absolute Gasteiger partial charge is 0.211 e. The molecule has 1 unspecified atom stereocenters. The lowest BCUT2D eigenvalue weighted by Gasteiger charge is -2.23. The molecule has 0 aliphatic carbocycles. The summed E-state index contributed by atoms with van der Waals surface area (Å²) in [6, 6.07) is 0.390. The SMILES string of the molecule is CC(C)CC(CN(C)C)NS(=O)(=O)CCCNC(C)C. The third kappa shape index (κ3) is 11.6. The lowest BCUT2D eigenvalue weighted by Crippen LogP contribution is -2.43. The van der Waals surface area contributed by atoms with Gasteiger partial charge in [-0.25, -0.2) is 13.1 Å². The van der Waals surface area contributed by atoms with Crippen LogP contribution >= 0.6 is 0 Å². The number of hydrogen-bond acceptors (Lipinski definition) is 4. The van der Waals surface area contributed by atoms with Crippen LogP contribution < -0.4 is 10.0 Å². The Morgan fingerprint density at radius 3 is 2.15 bits per heavy atom. The summed E-state index contributed by atoms with van der Waals surface area (Å²) in [6.45, 7) is 9.82. The van der Waals surface area contributed by atoms with Gasteiger partial charge in [-0.1, -0.05) is 27.7 Å². The van der Waals surface area contributed by atoms with Crippen LogP contribution in [0.3, 0.4) is 0 Å². The average Bonchev–Trinajstić information content (AvgIpc) is 2.21. The zero-order chi connectivity index (χ0) is 15.8. The highest BCUT2D eigenvalue weighted by atomic mass is 32.2. The third-order valence-electron chi connectivity index (χ3n) is 2.83. The van der Waals surface area contributed by atoms with E-state index in [1.54, 1.807) is 0 Å². The maximum Gasteiger partial charge on any atom is 0.211 e.